The molecule has 94 valence electrons. The van der Waals surface area contributed by atoms with E-state index in [4.69, 9.17) is 0 Å². The van der Waals surface area contributed by atoms with Crippen LogP contribution < -0.4 is 0 Å². The van der Waals surface area contributed by atoms with Crippen molar-refractivity contribution in [1.29, 1.82) is 0 Å². The van der Waals surface area contributed by atoms with Crippen LogP contribution in [0.4, 0.5) is 0 Å². The highest BCUT2D eigenvalue weighted by molar-refractivity contribution is 7.91. The predicted octanol–water partition coefficient (Wildman–Crippen LogP) is 0.268. The highest BCUT2D eigenvalue weighted by atomic mass is 32.2. The van der Waals surface area contributed by atoms with E-state index in [0.29, 0.717) is 32.0 Å². The Morgan fingerprint density at radius 2 is 1.94 bits per heavy atom. The molecule has 4 nitrogen and oxygen atoms in total. The normalized spacial score (nSPS) is 25.4. The van der Waals surface area contributed by atoms with Crippen LogP contribution >= 0.6 is 0 Å². The summed E-state index contributed by atoms with van der Waals surface area (Å²) in [6.45, 7) is 3.79. The minimum Gasteiger partial charge on any atom is -0.387 e. The van der Waals surface area contributed by atoms with Crippen LogP contribution in [0.1, 0.15) is 26.2 Å². The van der Waals surface area contributed by atoms with Gasteiger partial charge in [-0.05, 0) is 25.2 Å². The van der Waals surface area contributed by atoms with Gasteiger partial charge in [0.25, 0.3) is 0 Å². The molecule has 1 aliphatic carbocycles. The summed E-state index contributed by atoms with van der Waals surface area (Å²) in [4.78, 5) is 2.05. The first kappa shape index (κ1) is 12.3. The summed E-state index contributed by atoms with van der Waals surface area (Å²) < 4.78 is 23.0. The zero-order chi connectivity index (χ0) is 11.8. The molecule has 0 atom stereocenters. The maximum Gasteiger partial charge on any atom is 0.151 e. The first-order valence-electron chi connectivity index (χ1n) is 6.10. The van der Waals surface area contributed by atoms with Crippen molar-refractivity contribution in [3.05, 3.63) is 0 Å². The minimum atomic E-state index is -2.87. The molecule has 16 heavy (non-hydrogen) atoms. The minimum absolute atomic E-state index is 0.238. The molecule has 2 aliphatic rings. The van der Waals surface area contributed by atoms with Crippen molar-refractivity contribution >= 4 is 9.84 Å². The number of nitrogens with zero attached hydrogens (tertiary/aromatic N) is 1. The molecule has 1 heterocycles. The average molecular weight is 247 g/mol. The summed E-state index contributed by atoms with van der Waals surface area (Å²) in [5.41, 5.74) is -0.492. The quantitative estimate of drug-likeness (QED) is 0.732. The van der Waals surface area contributed by atoms with Crippen LogP contribution in [0.25, 0.3) is 0 Å². The van der Waals surface area contributed by atoms with Crippen molar-refractivity contribution in [2.75, 3.05) is 31.1 Å². The standard InChI is InChI=1S/C11H21NO3S/c1-2-6-16(14,15)7-5-12-8-11(13,9-12)10-3-4-10/h10,13H,2-9H2,1H3. The number of likely N-dealkylation sites (tertiary alicyclic amines) is 1. The van der Waals surface area contributed by atoms with Gasteiger partial charge in [0, 0.05) is 25.4 Å². The lowest BCUT2D eigenvalue weighted by atomic mass is 9.89. The first-order valence-corrected chi connectivity index (χ1v) is 7.92. The molecule has 2 rings (SSSR count). The maximum absolute atomic E-state index is 11.5. The highest BCUT2D eigenvalue weighted by Crippen LogP contribution is 2.44. The van der Waals surface area contributed by atoms with Gasteiger partial charge in [-0.1, -0.05) is 6.92 Å². The lowest BCUT2D eigenvalue weighted by Crippen LogP contribution is -2.63. The second kappa shape index (κ2) is 4.27. The third-order valence-electron chi connectivity index (χ3n) is 3.57. The van der Waals surface area contributed by atoms with E-state index in [1.165, 1.54) is 0 Å². The van der Waals surface area contributed by atoms with Crippen LogP contribution in [-0.2, 0) is 9.84 Å². The van der Waals surface area contributed by atoms with Gasteiger partial charge in [-0.3, -0.25) is 4.90 Å². The summed E-state index contributed by atoms with van der Waals surface area (Å²) in [7, 11) is -2.87. The number of sulfone groups is 1. The Hall–Kier alpha value is -0.130. The third-order valence-corrected chi connectivity index (χ3v) is 5.40. The molecular weight excluding hydrogens is 226 g/mol. The zero-order valence-electron chi connectivity index (χ0n) is 9.85. The van der Waals surface area contributed by atoms with Gasteiger partial charge in [0.2, 0.25) is 0 Å². The molecule has 1 aliphatic heterocycles. The fourth-order valence-corrected chi connectivity index (χ4v) is 3.81. The van der Waals surface area contributed by atoms with E-state index in [0.717, 1.165) is 12.8 Å². The molecule has 5 heteroatoms. The third kappa shape index (κ3) is 2.76. The number of hydrogen-bond donors (Lipinski definition) is 1. The summed E-state index contributed by atoms with van der Waals surface area (Å²) in [5.74, 6) is 1.01. The summed E-state index contributed by atoms with van der Waals surface area (Å²) in [6.07, 6.45) is 2.96. The van der Waals surface area contributed by atoms with Crippen molar-refractivity contribution in [2.24, 2.45) is 5.92 Å². The van der Waals surface area contributed by atoms with E-state index < -0.39 is 15.4 Å². The fraction of sp³-hybridized carbons (Fsp3) is 1.00. The monoisotopic (exact) mass is 247 g/mol. The Bertz CT molecular complexity index is 342. The lowest BCUT2D eigenvalue weighted by Gasteiger charge is -2.47. The van der Waals surface area contributed by atoms with Crippen LogP contribution in [0, 0.1) is 5.92 Å². The van der Waals surface area contributed by atoms with Crippen molar-refractivity contribution in [3.8, 4) is 0 Å². The maximum atomic E-state index is 11.5. The highest BCUT2D eigenvalue weighted by Gasteiger charge is 2.51. The topological polar surface area (TPSA) is 57.6 Å². The molecular formula is C11H21NO3S. The van der Waals surface area contributed by atoms with Crippen LogP contribution in [0.5, 0.6) is 0 Å². The number of hydrogen-bond acceptors (Lipinski definition) is 4. The van der Waals surface area contributed by atoms with Gasteiger partial charge in [-0.15, -0.1) is 0 Å². The molecule has 0 bridgehead atoms. The van der Waals surface area contributed by atoms with Crippen LogP contribution in [-0.4, -0.2) is 55.2 Å². The van der Waals surface area contributed by atoms with Crippen molar-refractivity contribution in [1.82, 2.24) is 4.90 Å². The molecule has 0 amide bonds. The molecule has 2 fully saturated rings. The summed E-state index contributed by atoms with van der Waals surface area (Å²) >= 11 is 0. The number of β-amino-alcohol motifs (C(OH)–C–C–N with tert-alkyl or cyclic N) is 1. The molecule has 1 saturated carbocycles. The van der Waals surface area contributed by atoms with Gasteiger partial charge in [0.15, 0.2) is 9.84 Å². The Kier molecular flexibility index (Phi) is 3.29. The summed E-state index contributed by atoms with van der Waals surface area (Å²) in [6, 6.07) is 0. The predicted molar refractivity (Wildman–Crippen MR) is 63.1 cm³/mol. The smallest absolute Gasteiger partial charge is 0.151 e. The van der Waals surface area contributed by atoms with Crippen molar-refractivity contribution in [2.45, 2.75) is 31.8 Å². The van der Waals surface area contributed by atoms with Crippen LogP contribution in [0.3, 0.4) is 0 Å². The Morgan fingerprint density at radius 1 is 1.31 bits per heavy atom. The molecule has 0 unspecified atom stereocenters. The van der Waals surface area contributed by atoms with E-state index in [9.17, 15) is 13.5 Å². The van der Waals surface area contributed by atoms with E-state index in [2.05, 4.69) is 0 Å². The average Bonchev–Trinajstić information content (AvgIpc) is 2.93. The lowest BCUT2D eigenvalue weighted by molar-refractivity contribution is -0.110. The van der Waals surface area contributed by atoms with Crippen molar-refractivity contribution < 1.29 is 13.5 Å². The van der Waals surface area contributed by atoms with Crippen molar-refractivity contribution in [3.63, 3.8) is 0 Å². The second-order valence-electron chi connectivity index (χ2n) is 5.24. The Labute approximate surface area is 97.6 Å². The molecule has 1 saturated heterocycles. The largest absolute Gasteiger partial charge is 0.387 e. The van der Waals surface area contributed by atoms with Gasteiger partial charge in [-0.2, -0.15) is 0 Å². The first-order chi connectivity index (χ1) is 7.45. The SMILES string of the molecule is CCCS(=O)(=O)CCN1CC(O)(C2CC2)C1. The molecule has 0 aromatic carbocycles. The number of rotatable bonds is 6. The Balaban J connectivity index is 1.69. The molecule has 1 N–H and O–H groups in total. The second-order valence-corrected chi connectivity index (χ2v) is 7.54. The van der Waals surface area contributed by atoms with Gasteiger partial charge in [0.1, 0.15) is 0 Å². The van der Waals surface area contributed by atoms with Gasteiger partial charge in [0.05, 0.1) is 11.4 Å². The molecule has 0 spiro atoms. The summed E-state index contributed by atoms with van der Waals surface area (Å²) in [5, 5.41) is 10.1. The molecule has 0 radical (unpaired) electrons. The fourth-order valence-electron chi connectivity index (χ4n) is 2.45. The Morgan fingerprint density at radius 3 is 2.44 bits per heavy atom. The zero-order valence-corrected chi connectivity index (χ0v) is 10.7. The van der Waals surface area contributed by atoms with E-state index >= 15 is 0 Å². The molecule has 0 aromatic heterocycles. The van der Waals surface area contributed by atoms with E-state index in [1.807, 2.05) is 11.8 Å². The number of aliphatic hydroxyl groups is 1. The van der Waals surface area contributed by atoms with E-state index in [1.54, 1.807) is 0 Å². The van der Waals surface area contributed by atoms with Gasteiger partial charge >= 0.3 is 0 Å². The van der Waals surface area contributed by atoms with Crippen LogP contribution in [0.2, 0.25) is 0 Å². The van der Waals surface area contributed by atoms with E-state index in [-0.39, 0.29) is 11.5 Å². The van der Waals surface area contributed by atoms with Crippen LogP contribution in [0.15, 0.2) is 0 Å². The van der Waals surface area contributed by atoms with Gasteiger partial charge in [-0.25, -0.2) is 8.42 Å². The molecule has 0 aromatic rings. The van der Waals surface area contributed by atoms with Gasteiger partial charge < -0.3 is 5.11 Å².